The Bertz CT molecular complexity index is 588. The first-order valence-corrected chi connectivity index (χ1v) is 8.32. The average molecular weight is 330 g/mol. The molecule has 126 valence electrons. The van der Waals surface area contributed by atoms with Gasteiger partial charge in [0.25, 0.3) is 0 Å². The topological polar surface area (TPSA) is 44.7 Å². The first-order valence-electron chi connectivity index (χ1n) is 8.32. The Balaban J connectivity index is 1.39. The summed E-state index contributed by atoms with van der Waals surface area (Å²) in [7, 11) is 0. The highest BCUT2D eigenvalue weighted by Gasteiger charge is 2.21. The molecule has 2 saturated heterocycles. The van der Waals surface area contributed by atoms with Crippen molar-refractivity contribution in [2.45, 2.75) is 25.7 Å². The molecule has 0 radical (unpaired) electrons. The molecule has 2 aromatic rings. The second kappa shape index (κ2) is 7.36. The summed E-state index contributed by atoms with van der Waals surface area (Å²) < 4.78 is 26.1. The summed E-state index contributed by atoms with van der Waals surface area (Å²) in [5.74, 6) is 0. The van der Waals surface area contributed by atoms with Crippen LogP contribution >= 0.6 is 0 Å². The molecule has 2 aliphatic rings. The molecule has 0 spiro atoms. The van der Waals surface area contributed by atoms with Crippen molar-refractivity contribution >= 4 is 0 Å². The fourth-order valence-corrected chi connectivity index (χ4v) is 2.91. The van der Waals surface area contributed by atoms with Crippen LogP contribution in [-0.2, 0) is 32.0 Å². The minimum absolute atomic E-state index is 0.128. The highest BCUT2D eigenvalue weighted by atomic mass is 16.7. The van der Waals surface area contributed by atoms with E-state index in [1.165, 1.54) is 11.1 Å². The molecule has 0 aliphatic carbocycles. The highest BCUT2D eigenvalue weighted by molar-refractivity contribution is 5.60. The van der Waals surface area contributed by atoms with Crippen molar-refractivity contribution < 1.29 is 28.1 Å². The summed E-state index contributed by atoms with van der Waals surface area (Å²) in [6.07, 6.45) is 7.97. The quantitative estimate of drug-likeness (QED) is 0.756. The lowest BCUT2D eigenvalue weighted by Gasteiger charge is -2.06. The lowest BCUT2D eigenvalue weighted by Crippen LogP contribution is -2.39. The Morgan fingerprint density at radius 3 is 1.29 bits per heavy atom. The molecule has 2 aromatic heterocycles. The average Bonchev–Trinajstić information content (AvgIpc) is 3.31. The summed E-state index contributed by atoms with van der Waals surface area (Å²) in [6.45, 7) is 4.18. The molecule has 6 nitrogen and oxygen atoms in total. The van der Waals surface area contributed by atoms with Crippen LogP contribution in [0.3, 0.4) is 0 Å². The molecule has 0 bridgehead atoms. The number of ether oxygens (including phenoxy) is 4. The van der Waals surface area contributed by atoms with Gasteiger partial charge < -0.3 is 18.9 Å². The molecule has 0 aromatic carbocycles. The van der Waals surface area contributed by atoms with Crippen LogP contribution in [0, 0.1) is 0 Å². The Morgan fingerprint density at radius 2 is 0.958 bits per heavy atom. The fourth-order valence-electron chi connectivity index (χ4n) is 2.91. The summed E-state index contributed by atoms with van der Waals surface area (Å²) in [4.78, 5) is 0. The van der Waals surface area contributed by atoms with Crippen LogP contribution in [0.2, 0.25) is 0 Å². The van der Waals surface area contributed by atoms with E-state index in [2.05, 4.69) is 58.2 Å². The largest absolute Gasteiger partial charge is 0.345 e. The standard InChI is InChI=1S/C18H22N2O4/c1-5-19(13-17-21-9-10-22-17)6-2-15(1)16-3-7-20(8-4-16)14-18-23-11-12-24-18/h1-8,17-18H,9-14H2/q+2. The van der Waals surface area contributed by atoms with Gasteiger partial charge in [0, 0.05) is 24.3 Å². The SMILES string of the molecule is c1c[n+](CC2OCCO2)ccc1-c1cc[n+](CC2OCCO2)cc1. The fraction of sp³-hybridized carbons (Fsp3) is 0.444. The molecule has 0 saturated carbocycles. The second-order valence-corrected chi connectivity index (χ2v) is 5.91. The smallest absolute Gasteiger partial charge is 0.218 e. The lowest BCUT2D eigenvalue weighted by atomic mass is 10.1. The molecule has 0 amide bonds. The zero-order valence-corrected chi connectivity index (χ0v) is 13.5. The van der Waals surface area contributed by atoms with Crippen molar-refractivity contribution in [3.8, 4) is 11.1 Å². The third kappa shape index (κ3) is 3.79. The Kier molecular flexibility index (Phi) is 4.80. The summed E-state index contributed by atoms with van der Waals surface area (Å²) in [5, 5.41) is 0. The zero-order chi connectivity index (χ0) is 16.2. The van der Waals surface area contributed by atoms with Gasteiger partial charge in [-0.1, -0.05) is 0 Å². The molecule has 2 aliphatic heterocycles. The third-order valence-electron chi connectivity index (χ3n) is 4.22. The molecule has 24 heavy (non-hydrogen) atoms. The molecule has 6 heteroatoms. The minimum atomic E-state index is -0.128. The first-order chi connectivity index (χ1) is 11.9. The van der Waals surface area contributed by atoms with Crippen molar-refractivity contribution in [1.82, 2.24) is 0 Å². The molecule has 0 N–H and O–H groups in total. The van der Waals surface area contributed by atoms with E-state index in [0.29, 0.717) is 26.4 Å². The van der Waals surface area contributed by atoms with E-state index in [1.54, 1.807) is 0 Å². The summed E-state index contributed by atoms with van der Waals surface area (Å²) in [6, 6.07) is 8.44. The predicted octanol–water partition coefficient (Wildman–Crippen LogP) is 0.674. The van der Waals surface area contributed by atoms with Crippen LogP contribution in [0.15, 0.2) is 49.1 Å². The van der Waals surface area contributed by atoms with Crippen molar-refractivity contribution in [3.05, 3.63) is 49.1 Å². The van der Waals surface area contributed by atoms with Crippen LogP contribution in [0.5, 0.6) is 0 Å². The maximum atomic E-state index is 5.47. The minimum Gasteiger partial charge on any atom is -0.345 e. The lowest BCUT2D eigenvalue weighted by molar-refractivity contribution is -0.709. The molecule has 4 heterocycles. The normalized spacial score (nSPS) is 19.2. The van der Waals surface area contributed by atoms with E-state index in [4.69, 9.17) is 18.9 Å². The van der Waals surface area contributed by atoms with Gasteiger partial charge in [-0.15, -0.1) is 0 Å². The van der Waals surface area contributed by atoms with Crippen molar-refractivity contribution in [3.63, 3.8) is 0 Å². The van der Waals surface area contributed by atoms with Crippen LogP contribution in [0.1, 0.15) is 0 Å². The van der Waals surface area contributed by atoms with Gasteiger partial charge in [0.1, 0.15) is 0 Å². The van der Waals surface area contributed by atoms with E-state index in [0.717, 1.165) is 13.1 Å². The number of hydrogen-bond donors (Lipinski definition) is 0. The number of nitrogens with zero attached hydrogens (tertiary/aromatic N) is 2. The third-order valence-corrected chi connectivity index (χ3v) is 4.22. The van der Waals surface area contributed by atoms with Crippen LogP contribution in [0.25, 0.3) is 11.1 Å². The monoisotopic (exact) mass is 330 g/mol. The Hall–Kier alpha value is -1.86. The maximum absolute atomic E-state index is 5.47. The first kappa shape index (κ1) is 15.7. The summed E-state index contributed by atoms with van der Waals surface area (Å²) >= 11 is 0. The van der Waals surface area contributed by atoms with E-state index >= 15 is 0 Å². The highest BCUT2D eigenvalue weighted by Crippen LogP contribution is 2.16. The van der Waals surface area contributed by atoms with Gasteiger partial charge in [0.05, 0.1) is 26.4 Å². The number of rotatable bonds is 5. The number of pyridine rings is 2. The van der Waals surface area contributed by atoms with Crippen LogP contribution in [0.4, 0.5) is 0 Å². The maximum Gasteiger partial charge on any atom is 0.218 e. The molecular formula is C18H22N2O4+2. The number of aromatic nitrogens is 2. The van der Waals surface area contributed by atoms with Gasteiger partial charge >= 0.3 is 0 Å². The van der Waals surface area contributed by atoms with E-state index in [1.807, 2.05) is 0 Å². The van der Waals surface area contributed by atoms with Crippen molar-refractivity contribution in [2.24, 2.45) is 0 Å². The number of hydrogen-bond acceptors (Lipinski definition) is 4. The Morgan fingerprint density at radius 1 is 0.625 bits per heavy atom. The van der Waals surface area contributed by atoms with Gasteiger partial charge in [0.15, 0.2) is 37.9 Å². The molecule has 0 atom stereocenters. The molecule has 4 rings (SSSR count). The van der Waals surface area contributed by atoms with Crippen LogP contribution in [-0.4, -0.2) is 39.0 Å². The molecular weight excluding hydrogens is 308 g/mol. The zero-order valence-electron chi connectivity index (χ0n) is 13.5. The molecule has 2 fully saturated rings. The van der Waals surface area contributed by atoms with Gasteiger partial charge in [0.2, 0.25) is 12.6 Å². The molecule has 0 unspecified atom stereocenters. The Labute approximate surface area is 141 Å². The van der Waals surface area contributed by atoms with Gasteiger partial charge in [-0.25, -0.2) is 0 Å². The van der Waals surface area contributed by atoms with Crippen molar-refractivity contribution in [1.29, 1.82) is 0 Å². The van der Waals surface area contributed by atoms with E-state index in [-0.39, 0.29) is 12.6 Å². The van der Waals surface area contributed by atoms with Crippen molar-refractivity contribution in [2.75, 3.05) is 26.4 Å². The second-order valence-electron chi connectivity index (χ2n) is 5.91. The van der Waals surface area contributed by atoms with E-state index < -0.39 is 0 Å². The van der Waals surface area contributed by atoms with Gasteiger partial charge in [-0.3, -0.25) is 0 Å². The van der Waals surface area contributed by atoms with Crippen LogP contribution < -0.4 is 9.13 Å². The van der Waals surface area contributed by atoms with E-state index in [9.17, 15) is 0 Å². The summed E-state index contributed by atoms with van der Waals surface area (Å²) in [5.41, 5.74) is 2.36. The van der Waals surface area contributed by atoms with Gasteiger partial charge in [-0.2, -0.15) is 9.13 Å². The van der Waals surface area contributed by atoms with Gasteiger partial charge in [-0.05, 0) is 11.1 Å². The predicted molar refractivity (Wildman–Crippen MR) is 83.7 cm³/mol.